The van der Waals surface area contributed by atoms with Crippen LogP contribution >= 0.6 is 0 Å². The second-order valence-corrected chi connectivity index (χ2v) is 5.22. The second kappa shape index (κ2) is 4.36. The fourth-order valence-corrected chi connectivity index (χ4v) is 3.28. The van der Waals surface area contributed by atoms with Crippen molar-refractivity contribution in [3.63, 3.8) is 0 Å². The number of rotatable bonds is 3. The molecule has 0 radical (unpaired) electrons. The summed E-state index contributed by atoms with van der Waals surface area (Å²) in [6, 6.07) is 2.76. The lowest BCUT2D eigenvalue weighted by atomic mass is 10.1. The molecule has 102 valence electrons. The third-order valence-corrected chi connectivity index (χ3v) is 4.16. The fourth-order valence-electron chi connectivity index (χ4n) is 3.28. The monoisotopic (exact) mass is 266 g/mol. The van der Waals surface area contributed by atoms with Gasteiger partial charge in [0.2, 0.25) is 0 Å². The first-order valence-corrected chi connectivity index (χ1v) is 6.38. The van der Waals surface area contributed by atoms with Crippen molar-refractivity contribution < 1.29 is 14.1 Å². The molecule has 2 fully saturated rings. The van der Waals surface area contributed by atoms with Gasteiger partial charge < -0.3 is 9.64 Å². The average molecular weight is 266 g/mol. The minimum atomic E-state index is -0.692. The zero-order valence-corrected chi connectivity index (χ0v) is 10.6. The number of halogens is 1. The van der Waals surface area contributed by atoms with Gasteiger partial charge in [-0.05, 0) is 25.2 Å². The molecule has 1 aromatic carbocycles. The van der Waals surface area contributed by atoms with E-state index in [1.165, 1.54) is 19.6 Å². The van der Waals surface area contributed by atoms with Crippen molar-refractivity contribution in [2.45, 2.75) is 25.3 Å². The zero-order valence-electron chi connectivity index (χ0n) is 10.6. The second-order valence-electron chi connectivity index (χ2n) is 5.22. The first kappa shape index (κ1) is 12.2. The maximum atomic E-state index is 13.6. The van der Waals surface area contributed by atoms with Crippen molar-refractivity contribution in [3.05, 3.63) is 28.1 Å². The summed E-state index contributed by atoms with van der Waals surface area (Å²) in [5, 5.41) is 11.1. The Morgan fingerprint density at radius 2 is 2.26 bits per heavy atom. The molecule has 6 heteroatoms. The van der Waals surface area contributed by atoms with Crippen LogP contribution in [0.3, 0.4) is 0 Å². The highest BCUT2D eigenvalue weighted by molar-refractivity contribution is 5.67. The highest BCUT2D eigenvalue weighted by Crippen LogP contribution is 2.44. The minimum absolute atomic E-state index is 0.0587. The van der Waals surface area contributed by atoms with E-state index in [4.69, 9.17) is 4.74 Å². The summed E-state index contributed by atoms with van der Waals surface area (Å²) in [5.74, 6) is -0.0219. The number of piperidine rings is 1. The van der Waals surface area contributed by atoms with Crippen LogP contribution in [-0.4, -0.2) is 24.6 Å². The van der Waals surface area contributed by atoms with Gasteiger partial charge in [0.05, 0.1) is 18.1 Å². The Kier molecular flexibility index (Phi) is 2.80. The highest BCUT2D eigenvalue weighted by Gasteiger charge is 2.40. The number of benzene rings is 1. The quantitative estimate of drug-likeness (QED) is 0.623. The predicted octanol–water partition coefficient (Wildman–Crippen LogP) is 2.73. The maximum Gasteiger partial charge on any atom is 0.295 e. The van der Waals surface area contributed by atoms with Gasteiger partial charge in [-0.25, -0.2) is 4.39 Å². The third-order valence-electron chi connectivity index (χ3n) is 4.16. The number of nitrogens with zero attached hydrogens (tertiary/aromatic N) is 2. The third kappa shape index (κ3) is 1.91. The van der Waals surface area contributed by atoms with Gasteiger partial charge in [0.1, 0.15) is 5.69 Å². The molecule has 0 aromatic heterocycles. The molecule has 1 aromatic rings. The van der Waals surface area contributed by atoms with E-state index in [-0.39, 0.29) is 11.4 Å². The molecule has 0 N–H and O–H groups in total. The SMILES string of the molecule is COc1cc(N2CC3CCC2C3)c([N+](=O)[O-])cc1F. The maximum absolute atomic E-state index is 13.6. The van der Waals surface area contributed by atoms with E-state index in [9.17, 15) is 14.5 Å². The van der Waals surface area contributed by atoms with Gasteiger partial charge in [-0.2, -0.15) is 0 Å². The Morgan fingerprint density at radius 3 is 2.79 bits per heavy atom. The number of anilines is 1. The van der Waals surface area contributed by atoms with Gasteiger partial charge in [0.15, 0.2) is 11.6 Å². The molecule has 0 amide bonds. The molecule has 1 saturated carbocycles. The largest absolute Gasteiger partial charge is 0.494 e. The van der Waals surface area contributed by atoms with E-state index in [2.05, 4.69) is 0 Å². The molecule has 2 bridgehead atoms. The minimum Gasteiger partial charge on any atom is -0.494 e. The van der Waals surface area contributed by atoms with Crippen LogP contribution < -0.4 is 9.64 Å². The Bertz CT molecular complexity index is 535. The Balaban J connectivity index is 2.05. The van der Waals surface area contributed by atoms with E-state index < -0.39 is 10.7 Å². The summed E-state index contributed by atoms with van der Waals surface area (Å²) in [6.07, 6.45) is 3.33. The van der Waals surface area contributed by atoms with Crippen LogP contribution in [0.25, 0.3) is 0 Å². The van der Waals surface area contributed by atoms with Crippen molar-refractivity contribution >= 4 is 11.4 Å². The summed E-state index contributed by atoms with van der Waals surface area (Å²) in [5.41, 5.74) is 0.307. The molecule has 1 aliphatic carbocycles. The molecular weight excluding hydrogens is 251 g/mol. The van der Waals surface area contributed by atoms with Crippen LogP contribution in [0.4, 0.5) is 15.8 Å². The summed E-state index contributed by atoms with van der Waals surface area (Å²) in [7, 11) is 1.37. The smallest absolute Gasteiger partial charge is 0.295 e. The number of nitro groups is 1. The summed E-state index contributed by atoms with van der Waals surface area (Å²) in [6.45, 7) is 0.820. The van der Waals surface area contributed by atoms with E-state index >= 15 is 0 Å². The lowest BCUT2D eigenvalue weighted by Gasteiger charge is -2.29. The summed E-state index contributed by atoms with van der Waals surface area (Å²) >= 11 is 0. The first-order chi connectivity index (χ1) is 9.10. The molecule has 0 spiro atoms. The highest BCUT2D eigenvalue weighted by atomic mass is 19.1. The van der Waals surface area contributed by atoms with Gasteiger partial charge >= 0.3 is 0 Å². The molecule has 19 heavy (non-hydrogen) atoms. The van der Waals surface area contributed by atoms with Gasteiger partial charge in [-0.3, -0.25) is 10.1 Å². The van der Waals surface area contributed by atoms with Crippen LogP contribution in [0.1, 0.15) is 19.3 Å². The van der Waals surface area contributed by atoms with Gasteiger partial charge in [-0.15, -0.1) is 0 Å². The molecule has 2 atom stereocenters. The van der Waals surface area contributed by atoms with E-state index in [0.717, 1.165) is 25.5 Å². The fraction of sp³-hybridized carbons (Fsp3) is 0.538. The van der Waals surface area contributed by atoms with Crippen molar-refractivity contribution in [2.24, 2.45) is 5.92 Å². The van der Waals surface area contributed by atoms with Crippen LogP contribution in [0.15, 0.2) is 12.1 Å². The topological polar surface area (TPSA) is 55.6 Å². The van der Waals surface area contributed by atoms with Crippen molar-refractivity contribution in [1.29, 1.82) is 0 Å². The standard InChI is InChI=1S/C13H15FN2O3/c1-19-13-6-11(12(16(17)18)5-10(13)14)15-7-8-2-3-9(15)4-8/h5-6,8-9H,2-4,7H2,1H3. The molecule has 1 saturated heterocycles. The van der Waals surface area contributed by atoms with E-state index in [1.54, 1.807) is 0 Å². The molecule has 5 nitrogen and oxygen atoms in total. The number of nitro benzene ring substituents is 1. The molecule has 3 rings (SSSR count). The number of hydrogen-bond acceptors (Lipinski definition) is 4. The van der Waals surface area contributed by atoms with Crippen molar-refractivity contribution in [2.75, 3.05) is 18.6 Å². The first-order valence-electron chi connectivity index (χ1n) is 6.38. The summed E-state index contributed by atoms with van der Waals surface area (Å²) in [4.78, 5) is 12.6. The number of fused-ring (bicyclic) bond motifs is 2. The van der Waals surface area contributed by atoms with E-state index in [1.807, 2.05) is 4.90 Å². The molecule has 2 aliphatic rings. The van der Waals surface area contributed by atoms with Crippen molar-refractivity contribution in [1.82, 2.24) is 0 Å². The van der Waals surface area contributed by atoms with Crippen LogP contribution in [0.2, 0.25) is 0 Å². The Morgan fingerprint density at radius 1 is 1.47 bits per heavy atom. The van der Waals surface area contributed by atoms with Crippen LogP contribution in [-0.2, 0) is 0 Å². The lowest BCUT2D eigenvalue weighted by Crippen LogP contribution is -2.32. The number of methoxy groups -OCH3 is 1. The predicted molar refractivity (Wildman–Crippen MR) is 68.1 cm³/mol. The molecule has 2 unspecified atom stereocenters. The molecular formula is C13H15FN2O3. The van der Waals surface area contributed by atoms with E-state index in [0.29, 0.717) is 17.6 Å². The van der Waals surface area contributed by atoms with Gasteiger partial charge in [0.25, 0.3) is 5.69 Å². The summed E-state index contributed by atoms with van der Waals surface area (Å²) < 4.78 is 18.6. The Labute approximate surface area is 110 Å². The van der Waals surface area contributed by atoms with Gasteiger partial charge in [0, 0.05) is 18.7 Å². The molecule has 1 aliphatic heterocycles. The number of hydrogen-bond donors (Lipinski definition) is 0. The van der Waals surface area contributed by atoms with Gasteiger partial charge in [-0.1, -0.05) is 0 Å². The normalized spacial score (nSPS) is 24.8. The van der Waals surface area contributed by atoms with Crippen molar-refractivity contribution in [3.8, 4) is 5.75 Å². The van der Waals surface area contributed by atoms with Crippen LogP contribution in [0, 0.1) is 21.8 Å². The Hall–Kier alpha value is -1.85. The average Bonchev–Trinajstić information content (AvgIpc) is 3.00. The molecule has 1 heterocycles. The number of ether oxygens (including phenoxy) is 1. The van der Waals surface area contributed by atoms with Crippen LogP contribution in [0.5, 0.6) is 5.75 Å². The zero-order chi connectivity index (χ0) is 13.6. The lowest BCUT2D eigenvalue weighted by molar-refractivity contribution is -0.384.